The van der Waals surface area contributed by atoms with Crippen LogP contribution in [0.5, 0.6) is 5.75 Å². The molecule has 2 aromatic carbocycles. The monoisotopic (exact) mass is 357 g/mol. The Morgan fingerprint density at radius 2 is 1.77 bits per heavy atom. The largest absolute Gasteiger partial charge is 0.478 e. The van der Waals surface area contributed by atoms with Gasteiger partial charge in [0, 0.05) is 0 Å². The van der Waals surface area contributed by atoms with Gasteiger partial charge in [-0.05, 0) is 48.6 Å². The van der Waals surface area contributed by atoms with E-state index < -0.39 is 17.9 Å². The number of aliphatic carboxylic acids is 1. The van der Waals surface area contributed by atoms with Gasteiger partial charge < -0.3 is 15.2 Å². The first-order valence-corrected chi connectivity index (χ1v) is 8.52. The zero-order chi connectivity index (χ0) is 18.5. The molecule has 1 saturated carbocycles. The van der Waals surface area contributed by atoms with Crippen LogP contribution in [0.15, 0.2) is 54.6 Å². The maximum Gasteiger partial charge on any atom is 0.346 e. The van der Waals surface area contributed by atoms with Crippen molar-refractivity contribution < 1.29 is 23.8 Å². The highest BCUT2D eigenvalue weighted by Crippen LogP contribution is 2.42. The summed E-state index contributed by atoms with van der Waals surface area (Å²) in [6.45, 7) is -0.165. The highest BCUT2D eigenvalue weighted by Gasteiger charge is 2.37. The molecule has 0 aliphatic heterocycles. The first kappa shape index (κ1) is 17.9. The van der Waals surface area contributed by atoms with E-state index in [9.17, 15) is 19.1 Å². The molecule has 0 heterocycles. The van der Waals surface area contributed by atoms with Crippen LogP contribution in [-0.4, -0.2) is 29.6 Å². The van der Waals surface area contributed by atoms with Gasteiger partial charge in [0.05, 0.1) is 12.5 Å². The van der Waals surface area contributed by atoms with E-state index in [0.29, 0.717) is 5.92 Å². The second-order valence-electron chi connectivity index (χ2n) is 6.37. The number of amides is 1. The minimum atomic E-state index is -1.25. The number of carboxylic acids is 1. The van der Waals surface area contributed by atoms with Crippen molar-refractivity contribution in [1.29, 1.82) is 0 Å². The van der Waals surface area contributed by atoms with E-state index in [1.165, 1.54) is 24.3 Å². The molecule has 6 heteroatoms. The molecular formula is C20H20FNO4. The molecule has 0 radical (unpaired) electrons. The highest BCUT2D eigenvalue weighted by molar-refractivity contribution is 5.85. The molecule has 2 N–H and O–H groups in total. The average molecular weight is 357 g/mol. The van der Waals surface area contributed by atoms with Crippen LogP contribution in [0.4, 0.5) is 4.39 Å². The number of carbonyl (C=O) groups is 2. The van der Waals surface area contributed by atoms with Gasteiger partial charge in [0.25, 0.3) is 0 Å². The quantitative estimate of drug-likeness (QED) is 0.762. The summed E-state index contributed by atoms with van der Waals surface area (Å²) in [5.41, 5.74) is 0.929. The lowest BCUT2D eigenvalue weighted by atomic mass is 9.93. The summed E-state index contributed by atoms with van der Waals surface area (Å²) in [5.74, 6) is -1.59. The normalized spacial score (nSPS) is 15.7. The Balaban J connectivity index is 1.63. The van der Waals surface area contributed by atoms with Crippen LogP contribution in [0.3, 0.4) is 0 Å². The second-order valence-corrected chi connectivity index (χ2v) is 6.37. The van der Waals surface area contributed by atoms with Crippen LogP contribution in [0.25, 0.3) is 0 Å². The Bertz CT molecular complexity index is 759. The molecule has 2 unspecified atom stereocenters. The average Bonchev–Trinajstić information content (AvgIpc) is 3.46. The molecule has 136 valence electrons. The van der Waals surface area contributed by atoms with Crippen LogP contribution in [-0.2, 0) is 9.59 Å². The molecule has 1 fully saturated rings. The van der Waals surface area contributed by atoms with Gasteiger partial charge in [-0.3, -0.25) is 4.79 Å². The molecule has 1 aliphatic rings. The van der Waals surface area contributed by atoms with E-state index in [2.05, 4.69) is 5.32 Å². The predicted octanol–water partition coefficient (Wildman–Crippen LogP) is 2.97. The summed E-state index contributed by atoms with van der Waals surface area (Å²) in [7, 11) is 0. The maximum atomic E-state index is 12.9. The van der Waals surface area contributed by atoms with E-state index in [1.807, 2.05) is 30.3 Å². The minimum Gasteiger partial charge on any atom is -0.478 e. The van der Waals surface area contributed by atoms with Crippen molar-refractivity contribution in [3.05, 3.63) is 66.0 Å². The fraction of sp³-hybridized carbons (Fsp3) is 0.300. The first-order chi connectivity index (χ1) is 12.5. The molecule has 0 aromatic heterocycles. The highest BCUT2D eigenvalue weighted by atomic mass is 19.1. The number of hydrogen-bond acceptors (Lipinski definition) is 3. The molecular weight excluding hydrogens is 337 g/mol. The lowest BCUT2D eigenvalue weighted by Crippen LogP contribution is -2.42. The van der Waals surface area contributed by atoms with Gasteiger partial charge in [-0.1, -0.05) is 30.3 Å². The number of benzene rings is 2. The Hall–Kier alpha value is -2.89. The van der Waals surface area contributed by atoms with E-state index in [-0.39, 0.29) is 24.1 Å². The van der Waals surface area contributed by atoms with E-state index >= 15 is 0 Å². The van der Waals surface area contributed by atoms with Gasteiger partial charge in [0.2, 0.25) is 12.0 Å². The Morgan fingerprint density at radius 1 is 1.12 bits per heavy atom. The lowest BCUT2D eigenvalue weighted by molar-refractivity contribution is -0.145. The fourth-order valence-corrected chi connectivity index (χ4v) is 2.89. The molecule has 2 atom stereocenters. The summed E-state index contributed by atoms with van der Waals surface area (Å²) >= 11 is 0. The third-order valence-corrected chi connectivity index (χ3v) is 4.36. The van der Waals surface area contributed by atoms with Crippen molar-refractivity contribution in [2.45, 2.75) is 24.9 Å². The van der Waals surface area contributed by atoms with Crippen LogP contribution in [0.2, 0.25) is 0 Å². The molecule has 2 aromatic rings. The van der Waals surface area contributed by atoms with Gasteiger partial charge in [0.15, 0.2) is 0 Å². The fourth-order valence-electron chi connectivity index (χ4n) is 2.89. The number of hydrogen-bond donors (Lipinski definition) is 2. The zero-order valence-corrected chi connectivity index (χ0v) is 14.1. The first-order valence-electron chi connectivity index (χ1n) is 8.52. The van der Waals surface area contributed by atoms with E-state index in [4.69, 9.17) is 4.74 Å². The maximum absolute atomic E-state index is 12.9. The number of halogens is 1. The van der Waals surface area contributed by atoms with Gasteiger partial charge in [-0.2, -0.15) is 0 Å². The Kier molecular flexibility index (Phi) is 5.51. The molecule has 3 rings (SSSR count). The van der Waals surface area contributed by atoms with Gasteiger partial charge in [-0.25, -0.2) is 9.18 Å². The van der Waals surface area contributed by atoms with Crippen molar-refractivity contribution >= 4 is 11.9 Å². The van der Waals surface area contributed by atoms with Crippen molar-refractivity contribution in [2.24, 2.45) is 5.92 Å². The van der Waals surface area contributed by atoms with Crippen molar-refractivity contribution in [1.82, 2.24) is 5.32 Å². The predicted molar refractivity (Wildman–Crippen MR) is 93.4 cm³/mol. The molecule has 5 nitrogen and oxygen atoms in total. The summed E-state index contributed by atoms with van der Waals surface area (Å²) < 4.78 is 18.3. The van der Waals surface area contributed by atoms with Crippen molar-refractivity contribution in [3.8, 4) is 5.75 Å². The number of carboxylic acid groups (broad SMARTS) is 1. The van der Waals surface area contributed by atoms with Crippen molar-refractivity contribution in [3.63, 3.8) is 0 Å². The molecule has 0 saturated heterocycles. The van der Waals surface area contributed by atoms with Crippen LogP contribution >= 0.6 is 0 Å². The summed E-state index contributed by atoms with van der Waals surface area (Å²) in [6.07, 6.45) is 0.725. The molecule has 1 amide bonds. The smallest absolute Gasteiger partial charge is 0.346 e. The summed E-state index contributed by atoms with van der Waals surface area (Å²) in [4.78, 5) is 24.1. The molecule has 26 heavy (non-hydrogen) atoms. The van der Waals surface area contributed by atoms with Gasteiger partial charge in [0.1, 0.15) is 11.6 Å². The molecule has 0 spiro atoms. The standard InChI is InChI=1S/C20H20FNO4/c21-15-8-10-16(11-9-15)26-17(20(24)25)12-22-19(23)18(14-6-7-14)13-4-2-1-3-5-13/h1-5,8-11,14,17-18H,6-7,12H2,(H,22,23)(H,24,25). The number of nitrogens with one attached hydrogen (secondary N) is 1. The second kappa shape index (κ2) is 7.99. The minimum absolute atomic E-state index is 0.165. The van der Waals surface area contributed by atoms with Crippen molar-refractivity contribution in [2.75, 3.05) is 6.54 Å². The molecule has 0 bridgehead atoms. The summed E-state index contributed by atoms with van der Waals surface area (Å²) in [6, 6.07) is 14.6. The van der Waals surface area contributed by atoms with Crippen LogP contribution in [0, 0.1) is 11.7 Å². The van der Waals surface area contributed by atoms with Gasteiger partial charge >= 0.3 is 5.97 Å². The lowest BCUT2D eigenvalue weighted by Gasteiger charge is -2.20. The Labute approximate surface area is 150 Å². The number of rotatable bonds is 8. The number of carbonyl (C=O) groups excluding carboxylic acids is 1. The van der Waals surface area contributed by atoms with E-state index in [1.54, 1.807) is 0 Å². The van der Waals surface area contributed by atoms with Crippen LogP contribution in [0.1, 0.15) is 24.3 Å². The van der Waals surface area contributed by atoms with Crippen LogP contribution < -0.4 is 10.1 Å². The third kappa shape index (κ3) is 4.59. The topological polar surface area (TPSA) is 75.6 Å². The zero-order valence-electron chi connectivity index (χ0n) is 14.1. The van der Waals surface area contributed by atoms with Gasteiger partial charge in [-0.15, -0.1) is 0 Å². The molecule has 1 aliphatic carbocycles. The Morgan fingerprint density at radius 3 is 2.35 bits per heavy atom. The summed E-state index contributed by atoms with van der Waals surface area (Å²) in [5, 5.41) is 12.0. The third-order valence-electron chi connectivity index (χ3n) is 4.36. The SMILES string of the molecule is O=C(O)C(CNC(=O)C(c1ccccc1)C1CC1)Oc1ccc(F)cc1. The number of ether oxygens (including phenoxy) is 1. The van der Waals surface area contributed by atoms with E-state index in [0.717, 1.165) is 18.4 Å².